The number of thiophene rings is 1. The maximum Gasteiger partial charge on any atom is 0.418 e. The molecule has 1 fully saturated rings. The van der Waals surface area contributed by atoms with Crippen LogP contribution in [0.2, 0.25) is 0 Å². The number of nitrogens with zero attached hydrogens (tertiary/aromatic N) is 2. The lowest BCUT2D eigenvalue weighted by molar-refractivity contribution is -0.142. The fourth-order valence-electron chi connectivity index (χ4n) is 2.63. The average molecular weight is 363 g/mol. The van der Waals surface area contributed by atoms with Crippen LogP contribution in [0.4, 0.5) is 4.79 Å². The van der Waals surface area contributed by atoms with Crippen LogP contribution in [0.15, 0.2) is 6.07 Å². The van der Waals surface area contributed by atoms with Crippen molar-refractivity contribution in [3.05, 3.63) is 21.4 Å². The van der Waals surface area contributed by atoms with Crippen LogP contribution in [0.1, 0.15) is 32.2 Å². The molecule has 0 aliphatic carbocycles. The molecule has 3 heterocycles. The Kier molecular flexibility index (Phi) is 3.33. The Morgan fingerprint density at radius 2 is 2.09 bits per heavy atom. The minimum atomic E-state index is -4.99. The topological polar surface area (TPSA) is 168 Å². The number of carbonyl (C=O) groups excluding carboxylic acids is 2. The number of rotatable bonds is 4. The second-order valence-corrected chi connectivity index (χ2v) is 6.90. The van der Waals surface area contributed by atoms with Gasteiger partial charge in [-0.3, -0.25) is 9.35 Å². The Bertz CT molecular complexity index is 831. The van der Waals surface area contributed by atoms with Crippen LogP contribution in [0.25, 0.3) is 0 Å². The normalized spacial score (nSPS) is 23.1. The van der Waals surface area contributed by atoms with E-state index in [1.54, 1.807) is 0 Å². The number of amides is 3. The van der Waals surface area contributed by atoms with E-state index in [1.165, 1.54) is 6.07 Å². The van der Waals surface area contributed by atoms with E-state index in [4.69, 9.17) is 10.3 Å². The van der Waals surface area contributed by atoms with Gasteiger partial charge in [0.25, 0.3) is 5.91 Å². The van der Waals surface area contributed by atoms with Gasteiger partial charge in [0.1, 0.15) is 6.04 Å². The lowest BCUT2D eigenvalue weighted by atomic mass is 9.99. The van der Waals surface area contributed by atoms with E-state index in [9.17, 15) is 27.9 Å². The molecule has 124 valence electrons. The van der Waals surface area contributed by atoms with Gasteiger partial charge in [-0.1, -0.05) is 0 Å². The summed E-state index contributed by atoms with van der Waals surface area (Å²) in [7, 11) is -4.99. The van der Waals surface area contributed by atoms with Crippen LogP contribution in [0.5, 0.6) is 0 Å². The quantitative estimate of drug-likeness (QED) is 0.602. The molecule has 3 amide bonds. The van der Waals surface area contributed by atoms with Crippen molar-refractivity contribution in [2.24, 2.45) is 5.73 Å². The molecule has 11 nitrogen and oxygen atoms in total. The van der Waals surface area contributed by atoms with Crippen LogP contribution >= 0.6 is 11.3 Å². The van der Waals surface area contributed by atoms with Gasteiger partial charge in [-0.2, -0.15) is 13.5 Å². The van der Waals surface area contributed by atoms with E-state index in [1.807, 2.05) is 0 Å². The summed E-state index contributed by atoms with van der Waals surface area (Å²) in [6.45, 7) is -0.173. The zero-order valence-electron chi connectivity index (χ0n) is 11.1. The third-order valence-corrected chi connectivity index (χ3v) is 5.02. The summed E-state index contributed by atoms with van der Waals surface area (Å²) in [5, 5.41) is 9.73. The second-order valence-electron chi connectivity index (χ2n) is 4.81. The van der Waals surface area contributed by atoms with Crippen molar-refractivity contribution in [3.8, 4) is 0 Å². The highest BCUT2D eigenvalue weighted by atomic mass is 32.3. The molecule has 1 aromatic heterocycles. The Morgan fingerprint density at radius 1 is 1.43 bits per heavy atom. The molecule has 1 aromatic rings. The molecule has 2 aliphatic rings. The Labute approximate surface area is 132 Å². The smallest absolute Gasteiger partial charge is 0.418 e. The first-order valence-electron chi connectivity index (χ1n) is 6.03. The molecule has 0 saturated carbocycles. The number of hydrogen-bond donors (Lipinski definition) is 3. The highest BCUT2D eigenvalue weighted by Crippen LogP contribution is 2.47. The van der Waals surface area contributed by atoms with E-state index >= 15 is 0 Å². The summed E-state index contributed by atoms with van der Waals surface area (Å²) in [4.78, 5) is 36.1. The lowest BCUT2D eigenvalue weighted by Gasteiger charge is -2.27. The maximum absolute atomic E-state index is 12.2. The Hall–Kier alpha value is -2.22. The standard InChI is InChI=1S/C10H9N3O8S2/c11-8(14)5-1-3-4-2-12(6(9(15)16)7(3)22-5)10(17)13(4)21-23(18,19)20/h1,4,6H,2H2,(H2,11,14)(H,15,16)(H,18,19,20). The van der Waals surface area contributed by atoms with Gasteiger partial charge in [0.15, 0.2) is 6.04 Å². The lowest BCUT2D eigenvalue weighted by Crippen LogP contribution is -2.38. The molecule has 0 spiro atoms. The van der Waals surface area contributed by atoms with E-state index in [0.29, 0.717) is 5.06 Å². The zero-order valence-corrected chi connectivity index (χ0v) is 12.7. The summed E-state index contributed by atoms with van der Waals surface area (Å²) < 4.78 is 34.8. The summed E-state index contributed by atoms with van der Waals surface area (Å²) in [5.41, 5.74) is 5.41. The van der Waals surface area contributed by atoms with Crippen molar-refractivity contribution in [3.63, 3.8) is 0 Å². The van der Waals surface area contributed by atoms with Crippen LogP contribution in [0, 0.1) is 0 Å². The van der Waals surface area contributed by atoms with Gasteiger partial charge < -0.3 is 15.7 Å². The number of hydrogen-bond acceptors (Lipinski definition) is 7. The van der Waals surface area contributed by atoms with E-state index < -0.39 is 40.4 Å². The summed E-state index contributed by atoms with van der Waals surface area (Å²) in [6.07, 6.45) is 0. The second kappa shape index (κ2) is 4.89. The first-order valence-corrected chi connectivity index (χ1v) is 8.21. The van der Waals surface area contributed by atoms with Gasteiger partial charge in [-0.15, -0.1) is 15.6 Å². The van der Waals surface area contributed by atoms with Crippen molar-refractivity contribution in [2.45, 2.75) is 12.1 Å². The number of primary amides is 1. The minimum Gasteiger partial charge on any atom is -0.479 e. The van der Waals surface area contributed by atoms with Crippen molar-refractivity contribution < 1.29 is 36.7 Å². The molecule has 2 atom stereocenters. The van der Waals surface area contributed by atoms with E-state index in [0.717, 1.165) is 16.2 Å². The fraction of sp³-hybridized carbons (Fsp3) is 0.300. The van der Waals surface area contributed by atoms with Crippen molar-refractivity contribution in [2.75, 3.05) is 6.54 Å². The van der Waals surface area contributed by atoms with Crippen LogP contribution in [-0.4, -0.2) is 52.5 Å². The van der Waals surface area contributed by atoms with Gasteiger partial charge in [0.05, 0.1) is 11.4 Å². The molecule has 0 radical (unpaired) electrons. The maximum atomic E-state index is 12.2. The molecule has 23 heavy (non-hydrogen) atoms. The predicted octanol–water partition coefficient (Wildman–Crippen LogP) is -0.501. The zero-order chi connectivity index (χ0) is 17.1. The summed E-state index contributed by atoms with van der Waals surface area (Å²) in [5.74, 6) is -2.14. The molecular formula is C10H9N3O8S2. The van der Waals surface area contributed by atoms with Crippen molar-refractivity contribution in [1.82, 2.24) is 9.96 Å². The van der Waals surface area contributed by atoms with Gasteiger partial charge in [0, 0.05) is 4.88 Å². The largest absolute Gasteiger partial charge is 0.479 e. The highest BCUT2D eigenvalue weighted by Gasteiger charge is 2.53. The number of urea groups is 1. The number of fused-ring (bicyclic) bond motifs is 4. The highest BCUT2D eigenvalue weighted by molar-refractivity contribution is 7.80. The number of aliphatic carboxylic acids is 1. The molecule has 1 saturated heterocycles. The van der Waals surface area contributed by atoms with E-state index in [2.05, 4.69) is 4.28 Å². The third-order valence-electron chi connectivity index (χ3n) is 3.45. The molecule has 4 N–H and O–H groups in total. The van der Waals surface area contributed by atoms with Crippen molar-refractivity contribution in [1.29, 1.82) is 0 Å². The third kappa shape index (κ3) is 2.42. The number of nitrogens with two attached hydrogens (primary N) is 1. The van der Waals surface area contributed by atoms with Crippen molar-refractivity contribution >= 4 is 39.6 Å². The molecule has 2 aliphatic heterocycles. The van der Waals surface area contributed by atoms with Gasteiger partial charge >= 0.3 is 22.4 Å². The first kappa shape index (κ1) is 15.7. The monoisotopic (exact) mass is 363 g/mol. The predicted molar refractivity (Wildman–Crippen MR) is 72.5 cm³/mol. The van der Waals surface area contributed by atoms with E-state index in [-0.39, 0.29) is 21.9 Å². The van der Waals surface area contributed by atoms with Crippen LogP contribution < -0.4 is 5.73 Å². The number of carboxylic acids is 1. The summed E-state index contributed by atoms with van der Waals surface area (Å²) in [6, 6.07) is -2.12. The number of hydroxylamine groups is 2. The molecule has 2 unspecified atom stereocenters. The molecule has 3 rings (SSSR count). The molecule has 2 bridgehead atoms. The summed E-state index contributed by atoms with van der Waals surface area (Å²) >= 11 is 0.806. The van der Waals surface area contributed by atoms with Crippen LogP contribution in [-0.2, 0) is 19.5 Å². The Balaban J connectivity index is 2.13. The molecule has 0 aromatic carbocycles. The SMILES string of the molecule is NC(=O)c1cc2c(s1)C(C(=O)O)N1CC2N(OS(=O)(=O)O)C1=O. The molecular weight excluding hydrogens is 354 g/mol. The average Bonchev–Trinajstić information content (AvgIpc) is 2.94. The molecule has 13 heteroatoms. The van der Waals surface area contributed by atoms with Gasteiger partial charge in [-0.25, -0.2) is 9.59 Å². The number of carbonyl (C=O) groups is 3. The van der Waals surface area contributed by atoms with Gasteiger partial charge in [-0.05, 0) is 11.6 Å². The number of carboxylic acid groups (broad SMARTS) is 1. The first-order chi connectivity index (χ1) is 10.6. The Morgan fingerprint density at radius 3 is 2.61 bits per heavy atom. The van der Waals surface area contributed by atoms with Crippen LogP contribution in [0.3, 0.4) is 0 Å². The fourth-order valence-corrected chi connectivity index (χ4v) is 4.17. The van der Waals surface area contributed by atoms with Gasteiger partial charge in [0.2, 0.25) is 0 Å². The minimum absolute atomic E-state index is 0.0641.